The van der Waals surface area contributed by atoms with Crippen LogP contribution in [0, 0.1) is 6.92 Å². The summed E-state index contributed by atoms with van der Waals surface area (Å²) in [5.41, 5.74) is 6.23. The van der Waals surface area contributed by atoms with E-state index in [1.165, 1.54) is 11.3 Å². The summed E-state index contributed by atoms with van der Waals surface area (Å²) in [6.45, 7) is 1.99. The van der Waals surface area contributed by atoms with Gasteiger partial charge < -0.3 is 9.14 Å². The Morgan fingerprint density at radius 1 is 1.07 bits per heavy atom. The van der Waals surface area contributed by atoms with Gasteiger partial charge in [-0.1, -0.05) is 35.9 Å². The van der Waals surface area contributed by atoms with E-state index in [9.17, 15) is 0 Å². The Labute approximate surface area is 163 Å². The molecular formula is C22H20ClN3O. The molecule has 0 saturated heterocycles. The van der Waals surface area contributed by atoms with Crippen LogP contribution in [-0.2, 0) is 12.8 Å². The van der Waals surface area contributed by atoms with E-state index in [0.717, 1.165) is 46.2 Å². The third-order valence-corrected chi connectivity index (χ3v) is 4.98. The zero-order valence-corrected chi connectivity index (χ0v) is 16.1. The number of imidazole rings is 1. The van der Waals surface area contributed by atoms with Crippen LogP contribution in [0.3, 0.4) is 0 Å². The van der Waals surface area contributed by atoms with Crippen LogP contribution >= 0.6 is 11.6 Å². The molecule has 136 valence electrons. The van der Waals surface area contributed by atoms with Gasteiger partial charge in [0.25, 0.3) is 0 Å². The minimum atomic E-state index is 0.757. The number of methoxy groups -OCH3 is 1. The van der Waals surface area contributed by atoms with Gasteiger partial charge in [-0.15, -0.1) is 0 Å². The van der Waals surface area contributed by atoms with Gasteiger partial charge in [0.1, 0.15) is 5.75 Å². The fourth-order valence-electron chi connectivity index (χ4n) is 3.31. The Bertz CT molecular complexity index is 1090. The maximum atomic E-state index is 6.01. The normalized spacial score (nSPS) is 11.1. The molecule has 0 aliphatic heterocycles. The van der Waals surface area contributed by atoms with Gasteiger partial charge in [-0.2, -0.15) is 0 Å². The van der Waals surface area contributed by atoms with Crippen molar-refractivity contribution in [1.29, 1.82) is 0 Å². The largest absolute Gasteiger partial charge is 0.497 e. The zero-order chi connectivity index (χ0) is 18.8. The molecule has 0 aliphatic carbocycles. The predicted molar refractivity (Wildman–Crippen MR) is 109 cm³/mol. The first-order valence-electron chi connectivity index (χ1n) is 8.87. The number of hydrogen-bond acceptors (Lipinski definition) is 3. The van der Waals surface area contributed by atoms with Crippen molar-refractivity contribution in [3.8, 4) is 17.0 Å². The van der Waals surface area contributed by atoms with Gasteiger partial charge in [0.15, 0.2) is 5.65 Å². The van der Waals surface area contributed by atoms with Crippen molar-refractivity contribution >= 4 is 17.2 Å². The van der Waals surface area contributed by atoms with Crippen LogP contribution in [0.25, 0.3) is 16.9 Å². The predicted octanol–water partition coefficient (Wildman–Crippen LogP) is 5.15. The number of rotatable bonds is 5. The van der Waals surface area contributed by atoms with Crippen LogP contribution in [0.5, 0.6) is 5.75 Å². The second-order valence-corrected chi connectivity index (χ2v) is 6.91. The first-order valence-corrected chi connectivity index (χ1v) is 9.25. The molecule has 0 radical (unpaired) electrons. The van der Waals surface area contributed by atoms with Gasteiger partial charge in [0.2, 0.25) is 0 Å². The maximum Gasteiger partial charge on any atom is 0.159 e. The fourth-order valence-corrected chi connectivity index (χ4v) is 3.43. The Morgan fingerprint density at radius 3 is 2.67 bits per heavy atom. The highest BCUT2D eigenvalue weighted by atomic mass is 35.5. The summed E-state index contributed by atoms with van der Waals surface area (Å²) in [6.07, 6.45) is 5.57. The molecule has 27 heavy (non-hydrogen) atoms. The quantitative estimate of drug-likeness (QED) is 0.482. The van der Waals surface area contributed by atoms with E-state index in [2.05, 4.69) is 27.6 Å². The molecule has 0 saturated carbocycles. The molecular weight excluding hydrogens is 358 g/mol. The molecule has 0 N–H and O–H groups in total. The third-order valence-electron chi connectivity index (χ3n) is 4.72. The minimum Gasteiger partial charge on any atom is -0.497 e. The SMILES string of the molecule is COc1cccc(-c2nc3c(C)nccn3c2CCc2ccc(Cl)cc2)c1. The number of nitrogens with zero attached hydrogens (tertiary/aromatic N) is 3. The minimum absolute atomic E-state index is 0.757. The summed E-state index contributed by atoms with van der Waals surface area (Å²) in [5.74, 6) is 0.822. The molecule has 2 aromatic heterocycles. The standard InChI is InChI=1S/C22H20ClN3O/c1-15-22-25-21(17-4-3-5-19(14-17)27-2)20(26(22)13-12-24-15)11-8-16-6-9-18(23)10-7-16/h3-7,9-10,12-14H,8,11H2,1-2H3. The van der Waals surface area contributed by atoms with Crippen molar-refractivity contribution in [2.24, 2.45) is 0 Å². The van der Waals surface area contributed by atoms with Crippen molar-refractivity contribution in [3.05, 3.63) is 82.9 Å². The number of aromatic nitrogens is 3. The molecule has 0 atom stereocenters. The van der Waals surface area contributed by atoms with Crippen LogP contribution in [0.2, 0.25) is 5.02 Å². The van der Waals surface area contributed by atoms with Crippen LogP contribution in [0.4, 0.5) is 0 Å². The number of fused-ring (bicyclic) bond motifs is 1. The number of ether oxygens (including phenoxy) is 1. The zero-order valence-electron chi connectivity index (χ0n) is 15.3. The average Bonchev–Trinajstić information content (AvgIpc) is 3.08. The van der Waals surface area contributed by atoms with E-state index in [4.69, 9.17) is 21.3 Å². The second-order valence-electron chi connectivity index (χ2n) is 6.47. The second kappa shape index (κ2) is 7.41. The maximum absolute atomic E-state index is 6.01. The van der Waals surface area contributed by atoms with Gasteiger partial charge in [-0.25, -0.2) is 4.98 Å². The summed E-state index contributed by atoms with van der Waals surface area (Å²) >= 11 is 6.01. The lowest BCUT2D eigenvalue weighted by Gasteiger charge is -2.07. The average molecular weight is 378 g/mol. The number of halogens is 1. The highest BCUT2D eigenvalue weighted by molar-refractivity contribution is 6.30. The number of hydrogen-bond donors (Lipinski definition) is 0. The van der Waals surface area contributed by atoms with Gasteiger partial charge >= 0.3 is 0 Å². The fraction of sp³-hybridized carbons (Fsp3) is 0.182. The van der Waals surface area contributed by atoms with E-state index in [1.807, 2.05) is 49.6 Å². The van der Waals surface area contributed by atoms with Gasteiger partial charge in [0.05, 0.1) is 24.2 Å². The Hall–Kier alpha value is -2.85. The van der Waals surface area contributed by atoms with E-state index < -0.39 is 0 Å². The van der Waals surface area contributed by atoms with Gasteiger partial charge in [0, 0.05) is 23.0 Å². The smallest absolute Gasteiger partial charge is 0.159 e. The van der Waals surface area contributed by atoms with Crippen molar-refractivity contribution in [3.63, 3.8) is 0 Å². The molecule has 0 aliphatic rings. The lowest BCUT2D eigenvalue weighted by atomic mass is 10.0. The Balaban J connectivity index is 1.79. The molecule has 4 rings (SSSR count). The van der Waals surface area contributed by atoms with Crippen molar-refractivity contribution in [1.82, 2.24) is 14.4 Å². The van der Waals surface area contributed by atoms with E-state index in [-0.39, 0.29) is 0 Å². The van der Waals surface area contributed by atoms with E-state index in [1.54, 1.807) is 7.11 Å². The first kappa shape index (κ1) is 17.6. The highest BCUT2D eigenvalue weighted by Crippen LogP contribution is 2.29. The molecule has 5 heteroatoms. The van der Waals surface area contributed by atoms with Crippen LogP contribution in [-0.4, -0.2) is 21.5 Å². The molecule has 0 fully saturated rings. The number of aryl methyl sites for hydroxylation is 3. The molecule has 2 aromatic carbocycles. The molecule has 0 amide bonds. The van der Waals surface area contributed by atoms with Crippen LogP contribution in [0.1, 0.15) is 17.0 Å². The van der Waals surface area contributed by atoms with Crippen LogP contribution in [0.15, 0.2) is 60.9 Å². The lowest BCUT2D eigenvalue weighted by Crippen LogP contribution is -1.99. The molecule has 0 unspecified atom stereocenters. The number of benzene rings is 2. The Morgan fingerprint density at radius 2 is 1.89 bits per heavy atom. The Kier molecular flexibility index (Phi) is 4.82. The molecule has 0 spiro atoms. The molecule has 2 heterocycles. The summed E-state index contributed by atoms with van der Waals surface area (Å²) in [4.78, 5) is 9.30. The summed E-state index contributed by atoms with van der Waals surface area (Å²) in [5, 5.41) is 0.757. The summed E-state index contributed by atoms with van der Waals surface area (Å²) < 4.78 is 7.54. The molecule has 4 nitrogen and oxygen atoms in total. The van der Waals surface area contributed by atoms with E-state index >= 15 is 0 Å². The monoisotopic (exact) mass is 377 g/mol. The van der Waals surface area contributed by atoms with Crippen molar-refractivity contribution in [2.75, 3.05) is 7.11 Å². The first-order chi connectivity index (χ1) is 13.2. The highest BCUT2D eigenvalue weighted by Gasteiger charge is 2.16. The lowest BCUT2D eigenvalue weighted by molar-refractivity contribution is 0.415. The van der Waals surface area contributed by atoms with Crippen molar-refractivity contribution in [2.45, 2.75) is 19.8 Å². The van der Waals surface area contributed by atoms with Crippen LogP contribution < -0.4 is 4.74 Å². The topological polar surface area (TPSA) is 39.4 Å². The summed E-state index contributed by atoms with van der Waals surface area (Å²) in [7, 11) is 1.68. The molecule has 4 aromatic rings. The molecule has 0 bridgehead atoms. The van der Waals surface area contributed by atoms with Gasteiger partial charge in [-0.05, 0) is 49.6 Å². The van der Waals surface area contributed by atoms with Crippen molar-refractivity contribution < 1.29 is 4.74 Å². The summed E-state index contributed by atoms with van der Waals surface area (Å²) in [6, 6.07) is 16.0. The van der Waals surface area contributed by atoms with E-state index in [0.29, 0.717) is 0 Å². The third kappa shape index (κ3) is 3.53. The van der Waals surface area contributed by atoms with Gasteiger partial charge in [-0.3, -0.25) is 4.98 Å².